The van der Waals surface area contributed by atoms with E-state index in [1.807, 2.05) is 24.5 Å². The summed E-state index contributed by atoms with van der Waals surface area (Å²) in [6, 6.07) is 21.3. The molecule has 0 aliphatic heterocycles. The molecule has 1 aliphatic carbocycles. The number of nitriles is 1. The van der Waals surface area contributed by atoms with Gasteiger partial charge in [-0.15, -0.1) is 0 Å². The number of nitrogens with zero attached hydrogens (tertiary/aromatic N) is 2. The molecule has 3 heteroatoms. The largest absolute Gasteiger partial charge is 0.385 e. The number of aromatic nitrogens is 1. The van der Waals surface area contributed by atoms with Gasteiger partial charge >= 0.3 is 0 Å². The number of hydrogen-bond donors (Lipinski definition) is 1. The average Bonchev–Trinajstić information content (AvgIpc) is 3.16. The zero-order chi connectivity index (χ0) is 19.9. The van der Waals surface area contributed by atoms with Crippen molar-refractivity contribution in [3.8, 4) is 6.07 Å². The molecule has 0 amide bonds. The number of pyridine rings is 1. The number of nitrogens with one attached hydrogen (secondary N) is 1. The molecular formula is C26H23N3. The van der Waals surface area contributed by atoms with Crippen LogP contribution >= 0.6 is 0 Å². The molecule has 0 spiro atoms. The molecule has 0 saturated heterocycles. The summed E-state index contributed by atoms with van der Waals surface area (Å²) in [4.78, 5) is 4.07. The molecule has 0 unspecified atom stereocenters. The van der Waals surface area contributed by atoms with E-state index in [-0.39, 0.29) is 0 Å². The van der Waals surface area contributed by atoms with Crippen LogP contribution in [0.15, 0.2) is 79.1 Å². The molecule has 1 heterocycles. The van der Waals surface area contributed by atoms with Crippen LogP contribution in [-0.2, 0) is 12.8 Å². The smallest absolute Gasteiger partial charge is 0.0912 e. The predicted molar refractivity (Wildman–Crippen MR) is 119 cm³/mol. The Balaban J connectivity index is 1.30. The van der Waals surface area contributed by atoms with Gasteiger partial charge in [-0.25, -0.2) is 0 Å². The summed E-state index contributed by atoms with van der Waals surface area (Å²) in [6.07, 6.45) is 12.3. The molecule has 2 aromatic carbocycles. The zero-order valence-corrected chi connectivity index (χ0v) is 16.3. The van der Waals surface area contributed by atoms with Crippen molar-refractivity contribution in [3.05, 3.63) is 107 Å². The maximum absolute atomic E-state index is 8.68. The molecular weight excluding hydrogens is 354 g/mol. The van der Waals surface area contributed by atoms with Gasteiger partial charge < -0.3 is 5.32 Å². The highest BCUT2D eigenvalue weighted by Crippen LogP contribution is 2.30. The van der Waals surface area contributed by atoms with Crippen LogP contribution in [0.4, 0.5) is 5.69 Å². The van der Waals surface area contributed by atoms with Crippen LogP contribution in [0.25, 0.3) is 11.6 Å². The second-order valence-corrected chi connectivity index (χ2v) is 7.22. The highest BCUT2D eigenvalue weighted by Gasteiger charge is 2.13. The molecule has 0 saturated carbocycles. The molecule has 0 bridgehead atoms. The van der Waals surface area contributed by atoms with Gasteiger partial charge in [0.2, 0.25) is 0 Å². The summed E-state index contributed by atoms with van der Waals surface area (Å²) in [5, 5.41) is 12.2. The van der Waals surface area contributed by atoms with Crippen molar-refractivity contribution in [2.24, 2.45) is 0 Å². The number of hydrogen-bond acceptors (Lipinski definition) is 3. The Morgan fingerprint density at radius 1 is 1.00 bits per heavy atom. The van der Waals surface area contributed by atoms with E-state index in [1.54, 1.807) is 0 Å². The fourth-order valence-electron chi connectivity index (χ4n) is 3.73. The van der Waals surface area contributed by atoms with Gasteiger partial charge in [0.1, 0.15) is 0 Å². The SMILES string of the molecule is N#C/C=C/c1ccc2c(c1)CC=C2CCNc1ccc(Cc2ccncc2)cc1. The molecule has 1 aliphatic rings. The minimum Gasteiger partial charge on any atom is -0.385 e. The Labute approximate surface area is 172 Å². The minimum atomic E-state index is 0.908. The van der Waals surface area contributed by atoms with Crippen molar-refractivity contribution in [2.45, 2.75) is 19.3 Å². The van der Waals surface area contributed by atoms with E-state index < -0.39 is 0 Å². The van der Waals surface area contributed by atoms with E-state index in [9.17, 15) is 0 Å². The first-order chi connectivity index (χ1) is 14.3. The third-order valence-corrected chi connectivity index (χ3v) is 5.23. The van der Waals surface area contributed by atoms with E-state index in [0.717, 1.165) is 37.1 Å². The molecule has 0 radical (unpaired) electrons. The lowest BCUT2D eigenvalue weighted by molar-refractivity contribution is 1.08. The van der Waals surface area contributed by atoms with Crippen molar-refractivity contribution < 1.29 is 0 Å². The topological polar surface area (TPSA) is 48.7 Å². The van der Waals surface area contributed by atoms with Gasteiger partial charge in [0.05, 0.1) is 6.07 Å². The van der Waals surface area contributed by atoms with Gasteiger partial charge in [0.25, 0.3) is 0 Å². The van der Waals surface area contributed by atoms with Crippen LogP contribution in [0, 0.1) is 11.3 Å². The molecule has 29 heavy (non-hydrogen) atoms. The second kappa shape index (κ2) is 9.03. The molecule has 1 aromatic heterocycles. The molecule has 0 atom stereocenters. The van der Waals surface area contributed by atoms with E-state index in [4.69, 9.17) is 5.26 Å². The first kappa shape index (κ1) is 18.7. The molecule has 3 nitrogen and oxygen atoms in total. The van der Waals surface area contributed by atoms with Crippen molar-refractivity contribution in [2.75, 3.05) is 11.9 Å². The third-order valence-electron chi connectivity index (χ3n) is 5.23. The summed E-state index contributed by atoms with van der Waals surface area (Å²) in [7, 11) is 0. The number of anilines is 1. The highest BCUT2D eigenvalue weighted by molar-refractivity contribution is 5.75. The van der Waals surface area contributed by atoms with Crippen molar-refractivity contribution >= 4 is 17.3 Å². The van der Waals surface area contributed by atoms with E-state index in [2.05, 4.69) is 71.0 Å². The molecule has 142 valence electrons. The summed E-state index contributed by atoms with van der Waals surface area (Å²) in [5.74, 6) is 0. The van der Waals surface area contributed by atoms with Crippen LogP contribution in [0.1, 0.15) is 34.2 Å². The minimum absolute atomic E-state index is 0.908. The van der Waals surface area contributed by atoms with Crippen LogP contribution in [0.3, 0.4) is 0 Å². The van der Waals surface area contributed by atoms with E-state index in [1.165, 1.54) is 33.9 Å². The Kier molecular flexibility index (Phi) is 5.83. The maximum Gasteiger partial charge on any atom is 0.0912 e. The van der Waals surface area contributed by atoms with Gasteiger partial charge in [-0.2, -0.15) is 5.26 Å². The lowest BCUT2D eigenvalue weighted by Crippen LogP contribution is -2.02. The fraction of sp³-hybridized carbons (Fsp3) is 0.154. The summed E-state index contributed by atoms with van der Waals surface area (Å²) < 4.78 is 0. The quantitative estimate of drug-likeness (QED) is 0.541. The Bertz CT molecular complexity index is 1070. The molecule has 1 N–H and O–H groups in total. The fourth-order valence-corrected chi connectivity index (χ4v) is 3.73. The number of fused-ring (bicyclic) bond motifs is 1. The number of benzene rings is 2. The third kappa shape index (κ3) is 4.80. The normalized spacial score (nSPS) is 12.4. The maximum atomic E-state index is 8.68. The highest BCUT2D eigenvalue weighted by atomic mass is 14.9. The van der Waals surface area contributed by atoms with E-state index >= 15 is 0 Å². The van der Waals surface area contributed by atoms with Crippen molar-refractivity contribution in [1.82, 2.24) is 4.98 Å². The van der Waals surface area contributed by atoms with Crippen LogP contribution < -0.4 is 5.32 Å². The number of allylic oxidation sites excluding steroid dienone is 2. The van der Waals surface area contributed by atoms with Gasteiger partial charge in [-0.1, -0.05) is 36.4 Å². The van der Waals surface area contributed by atoms with Gasteiger partial charge in [0.15, 0.2) is 0 Å². The standard InChI is InChI=1S/C26H23N3/c27-14-1-2-20-5-10-26-23(6-7-24(26)19-20)13-17-29-25-8-3-21(4-9-25)18-22-11-15-28-16-12-22/h1-6,8-12,15-16,19,29H,7,13,17-18H2/b2-1+. The van der Waals surface area contributed by atoms with Crippen LogP contribution in [0.2, 0.25) is 0 Å². The van der Waals surface area contributed by atoms with Crippen LogP contribution in [-0.4, -0.2) is 11.5 Å². The number of rotatable bonds is 7. The van der Waals surface area contributed by atoms with E-state index in [0.29, 0.717) is 0 Å². The lowest BCUT2D eigenvalue weighted by Gasteiger charge is -2.10. The van der Waals surface area contributed by atoms with Crippen molar-refractivity contribution in [1.29, 1.82) is 5.26 Å². The predicted octanol–water partition coefficient (Wildman–Crippen LogP) is 5.65. The van der Waals surface area contributed by atoms with Gasteiger partial charge in [-0.05, 0) is 83.0 Å². The lowest BCUT2D eigenvalue weighted by atomic mass is 10.0. The summed E-state index contributed by atoms with van der Waals surface area (Å²) in [6.45, 7) is 0.908. The Hall–Kier alpha value is -3.64. The van der Waals surface area contributed by atoms with Gasteiger partial charge in [-0.3, -0.25) is 4.98 Å². The first-order valence-electron chi connectivity index (χ1n) is 9.92. The molecule has 4 rings (SSSR count). The summed E-state index contributed by atoms with van der Waals surface area (Å²) >= 11 is 0. The van der Waals surface area contributed by atoms with Gasteiger partial charge in [0, 0.05) is 30.7 Å². The van der Waals surface area contributed by atoms with Crippen LogP contribution in [0.5, 0.6) is 0 Å². The monoisotopic (exact) mass is 377 g/mol. The Morgan fingerprint density at radius 3 is 2.59 bits per heavy atom. The molecule has 0 fully saturated rings. The average molecular weight is 377 g/mol. The first-order valence-corrected chi connectivity index (χ1v) is 9.92. The zero-order valence-electron chi connectivity index (χ0n) is 16.3. The molecule has 3 aromatic rings. The Morgan fingerprint density at radius 2 is 1.79 bits per heavy atom. The second-order valence-electron chi connectivity index (χ2n) is 7.22. The summed E-state index contributed by atoms with van der Waals surface area (Å²) in [5.41, 5.74) is 8.91. The van der Waals surface area contributed by atoms with Crippen molar-refractivity contribution in [3.63, 3.8) is 0 Å².